The zero-order valence-electron chi connectivity index (χ0n) is 17.7. The number of allylic oxidation sites excluding steroid dienone is 2. The summed E-state index contributed by atoms with van der Waals surface area (Å²) in [7, 11) is 0. The second-order valence-electron chi connectivity index (χ2n) is 6.55. The van der Waals surface area contributed by atoms with Gasteiger partial charge in [-0.25, -0.2) is 0 Å². The Hall–Kier alpha value is -2.95. The minimum absolute atomic E-state index is 0.128. The second kappa shape index (κ2) is 11.3. The van der Waals surface area contributed by atoms with Crippen LogP contribution in [0.15, 0.2) is 11.8 Å². The maximum absolute atomic E-state index is 11.7. The van der Waals surface area contributed by atoms with Gasteiger partial charge in [-0.3, -0.25) is 24.0 Å². The summed E-state index contributed by atoms with van der Waals surface area (Å²) in [5, 5.41) is 0. The molecule has 0 aromatic heterocycles. The smallest absolute Gasteiger partial charge is 0.303 e. The number of carbonyl (C=O) groups excluding carboxylic acids is 5. The van der Waals surface area contributed by atoms with Crippen LogP contribution < -0.4 is 0 Å². The van der Waals surface area contributed by atoms with E-state index in [0.717, 1.165) is 20.8 Å². The van der Waals surface area contributed by atoms with E-state index in [2.05, 4.69) is 0 Å². The fraction of sp³-hybridized carbons (Fsp3) is 0.632. The van der Waals surface area contributed by atoms with Crippen molar-refractivity contribution in [3.63, 3.8) is 0 Å². The molecule has 1 aliphatic rings. The summed E-state index contributed by atoms with van der Waals surface area (Å²) >= 11 is 0. The summed E-state index contributed by atoms with van der Waals surface area (Å²) in [6, 6.07) is 0. The van der Waals surface area contributed by atoms with Crippen LogP contribution in [0, 0.1) is 0 Å². The molecule has 30 heavy (non-hydrogen) atoms. The van der Waals surface area contributed by atoms with Crippen LogP contribution in [0.5, 0.6) is 0 Å². The number of ketones is 1. The lowest BCUT2D eigenvalue weighted by molar-refractivity contribution is -0.299. The van der Waals surface area contributed by atoms with E-state index in [1.807, 2.05) is 0 Å². The molecule has 1 heterocycles. The molecule has 11 nitrogen and oxygen atoms in total. The van der Waals surface area contributed by atoms with Crippen molar-refractivity contribution in [3.05, 3.63) is 11.8 Å². The van der Waals surface area contributed by atoms with Crippen LogP contribution in [0.3, 0.4) is 0 Å². The normalized spacial score (nSPS) is 26.2. The first-order valence-corrected chi connectivity index (χ1v) is 9.06. The second-order valence-corrected chi connectivity index (χ2v) is 6.55. The minimum Gasteiger partial charge on any atom is -0.465 e. The topological polar surface area (TPSA) is 141 Å². The van der Waals surface area contributed by atoms with E-state index in [9.17, 15) is 24.0 Å². The molecule has 0 N–H and O–H groups in total. The summed E-state index contributed by atoms with van der Waals surface area (Å²) in [5.41, 5.74) is 0. The molecule has 0 amide bonds. The number of esters is 4. The summed E-state index contributed by atoms with van der Waals surface area (Å²) in [4.78, 5) is 57.5. The molecule has 0 bridgehead atoms. The van der Waals surface area contributed by atoms with Crippen molar-refractivity contribution < 1.29 is 52.4 Å². The Kier molecular flexibility index (Phi) is 9.44. The molecule has 168 valence electrons. The van der Waals surface area contributed by atoms with Crippen LogP contribution in [-0.2, 0) is 52.4 Å². The SMILES string of the molecule is CC(=O)/C=C(\C)O[C@@H]1O[C@H](COC(C)=O)[C@H](OC(C)=O)[C@H](OC(C)=O)[C@H]1OC(C)=O. The molecule has 0 saturated carbocycles. The van der Waals surface area contributed by atoms with Crippen molar-refractivity contribution in [1.82, 2.24) is 0 Å². The van der Waals surface area contributed by atoms with E-state index in [1.165, 1.54) is 26.8 Å². The van der Waals surface area contributed by atoms with Crippen LogP contribution in [0.4, 0.5) is 0 Å². The molecule has 5 atom stereocenters. The molecule has 1 aliphatic heterocycles. The predicted molar refractivity (Wildman–Crippen MR) is 97.5 cm³/mol. The van der Waals surface area contributed by atoms with Crippen molar-refractivity contribution in [2.24, 2.45) is 0 Å². The van der Waals surface area contributed by atoms with Gasteiger partial charge >= 0.3 is 23.9 Å². The summed E-state index contributed by atoms with van der Waals surface area (Å²) < 4.78 is 32.0. The lowest BCUT2D eigenvalue weighted by Crippen LogP contribution is -2.62. The molecule has 0 unspecified atom stereocenters. The molecule has 0 aromatic carbocycles. The van der Waals surface area contributed by atoms with Gasteiger partial charge in [0.15, 0.2) is 18.0 Å². The van der Waals surface area contributed by atoms with Gasteiger partial charge in [0.1, 0.15) is 18.5 Å². The van der Waals surface area contributed by atoms with Crippen molar-refractivity contribution in [3.8, 4) is 0 Å². The monoisotopic (exact) mass is 430 g/mol. The van der Waals surface area contributed by atoms with E-state index in [1.54, 1.807) is 0 Å². The van der Waals surface area contributed by atoms with Crippen LogP contribution >= 0.6 is 0 Å². The van der Waals surface area contributed by atoms with Crippen molar-refractivity contribution >= 4 is 29.7 Å². The van der Waals surface area contributed by atoms with Gasteiger partial charge in [-0.2, -0.15) is 0 Å². The van der Waals surface area contributed by atoms with Crippen molar-refractivity contribution in [2.75, 3.05) is 6.61 Å². The molecule has 11 heteroatoms. The minimum atomic E-state index is -1.36. The largest absolute Gasteiger partial charge is 0.465 e. The van der Waals surface area contributed by atoms with Crippen molar-refractivity contribution in [2.45, 2.75) is 72.2 Å². The molecule has 0 spiro atoms. The highest BCUT2D eigenvalue weighted by molar-refractivity contribution is 5.87. The highest BCUT2D eigenvalue weighted by atomic mass is 16.7. The van der Waals surface area contributed by atoms with Crippen LogP contribution in [0.1, 0.15) is 41.5 Å². The molecule has 0 aliphatic carbocycles. The third-order valence-electron chi connectivity index (χ3n) is 3.66. The maximum atomic E-state index is 11.7. The third kappa shape index (κ3) is 8.19. The zero-order chi connectivity index (χ0) is 23.0. The number of carbonyl (C=O) groups is 5. The van der Waals surface area contributed by atoms with E-state index in [4.69, 9.17) is 28.4 Å². The first-order chi connectivity index (χ1) is 13.9. The van der Waals surface area contributed by atoms with E-state index in [0.29, 0.717) is 0 Å². The Morgan fingerprint density at radius 2 is 1.20 bits per heavy atom. The number of ether oxygens (including phenoxy) is 6. The highest BCUT2D eigenvalue weighted by Gasteiger charge is 2.53. The van der Waals surface area contributed by atoms with Crippen LogP contribution in [0.25, 0.3) is 0 Å². The van der Waals surface area contributed by atoms with Gasteiger partial charge in [0.05, 0.1) is 0 Å². The first kappa shape index (κ1) is 25.1. The quantitative estimate of drug-likeness (QED) is 0.231. The van der Waals surface area contributed by atoms with Gasteiger partial charge in [-0.15, -0.1) is 0 Å². The molecule has 0 radical (unpaired) electrons. The molecule has 1 fully saturated rings. The van der Waals surface area contributed by atoms with E-state index in [-0.39, 0.29) is 18.1 Å². The average molecular weight is 430 g/mol. The Balaban J connectivity index is 3.37. The average Bonchev–Trinajstić information content (AvgIpc) is 2.56. The fourth-order valence-electron chi connectivity index (χ4n) is 2.79. The Morgan fingerprint density at radius 3 is 1.67 bits per heavy atom. The Morgan fingerprint density at radius 1 is 0.700 bits per heavy atom. The molecule has 1 rings (SSSR count). The van der Waals surface area contributed by atoms with E-state index >= 15 is 0 Å². The third-order valence-corrected chi connectivity index (χ3v) is 3.66. The highest BCUT2D eigenvalue weighted by Crippen LogP contribution is 2.30. The Bertz CT molecular complexity index is 711. The van der Waals surface area contributed by atoms with Crippen LogP contribution in [0.2, 0.25) is 0 Å². The number of hydrogen-bond donors (Lipinski definition) is 0. The van der Waals surface area contributed by atoms with Gasteiger partial charge in [-0.05, 0) is 13.8 Å². The lowest BCUT2D eigenvalue weighted by atomic mass is 9.98. The molecular weight excluding hydrogens is 404 g/mol. The van der Waals surface area contributed by atoms with E-state index < -0.39 is 54.6 Å². The maximum Gasteiger partial charge on any atom is 0.303 e. The van der Waals surface area contributed by atoms with Gasteiger partial charge in [0.2, 0.25) is 12.4 Å². The van der Waals surface area contributed by atoms with Gasteiger partial charge < -0.3 is 28.4 Å². The first-order valence-electron chi connectivity index (χ1n) is 9.06. The Labute approximate surface area is 173 Å². The standard InChI is InChI=1S/C19H26O11/c1-9(20)7-10(2)26-19-18(29-14(6)24)17(28-13(5)23)16(27-12(4)22)15(30-19)8-25-11(3)21/h7,15-19H,8H2,1-6H3/b10-7+/t15-,16+,17+,18-,19-/m1/s1. The predicted octanol–water partition coefficient (Wildman–Crippen LogP) is 0.579. The van der Waals surface area contributed by atoms with Gasteiger partial charge in [0, 0.05) is 33.8 Å². The number of hydrogen-bond acceptors (Lipinski definition) is 11. The summed E-state index contributed by atoms with van der Waals surface area (Å²) in [6.07, 6.45) is -5.26. The zero-order valence-corrected chi connectivity index (χ0v) is 17.7. The molecule has 0 aromatic rings. The summed E-state index contributed by atoms with van der Waals surface area (Å²) in [6.45, 7) is 6.93. The number of rotatable bonds is 8. The van der Waals surface area contributed by atoms with Crippen LogP contribution in [-0.4, -0.2) is 67.0 Å². The molecule has 1 saturated heterocycles. The van der Waals surface area contributed by atoms with Gasteiger partial charge in [0.25, 0.3) is 0 Å². The van der Waals surface area contributed by atoms with Gasteiger partial charge in [-0.1, -0.05) is 0 Å². The fourth-order valence-corrected chi connectivity index (χ4v) is 2.79. The lowest BCUT2D eigenvalue weighted by Gasteiger charge is -2.44. The van der Waals surface area contributed by atoms with Crippen molar-refractivity contribution in [1.29, 1.82) is 0 Å². The summed E-state index contributed by atoms with van der Waals surface area (Å²) in [5.74, 6) is -3.04. The molecular formula is C19H26O11.